The number of anilines is 2. The first-order chi connectivity index (χ1) is 12.0. The van der Waals surface area contributed by atoms with E-state index < -0.39 is 6.04 Å². The minimum atomic E-state index is -0.644. The van der Waals surface area contributed by atoms with E-state index >= 15 is 0 Å². The smallest absolute Gasteiger partial charge is 0.256 e. The molecule has 5 nitrogen and oxygen atoms in total. The van der Waals surface area contributed by atoms with Gasteiger partial charge in [0, 0.05) is 22.4 Å². The van der Waals surface area contributed by atoms with Gasteiger partial charge in [-0.1, -0.05) is 29.3 Å². The Balaban J connectivity index is 1.61. The highest BCUT2D eigenvalue weighted by molar-refractivity contribution is 6.37. The van der Waals surface area contributed by atoms with Gasteiger partial charge in [0.05, 0.1) is 17.1 Å². The third kappa shape index (κ3) is 2.86. The third-order valence-corrected chi connectivity index (χ3v) is 4.75. The predicted molar refractivity (Wildman–Crippen MR) is 99.3 cm³/mol. The van der Waals surface area contributed by atoms with Gasteiger partial charge in [0.15, 0.2) is 0 Å². The molecule has 2 amide bonds. The first-order valence-electron chi connectivity index (χ1n) is 7.68. The molecule has 0 saturated carbocycles. The molecule has 1 aliphatic rings. The van der Waals surface area contributed by atoms with Gasteiger partial charge in [0.1, 0.15) is 6.04 Å². The first-order valence-corrected chi connectivity index (χ1v) is 8.44. The molecule has 126 valence electrons. The van der Waals surface area contributed by atoms with Crippen LogP contribution in [-0.2, 0) is 9.59 Å². The zero-order valence-electron chi connectivity index (χ0n) is 12.9. The molecule has 0 unspecified atom stereocenters. The van der Waals surface area contributed by atoms with Crippen molar-refractivity contribution in [1.29, 1.82) is 0 Å². The van der Waals surface area contributed by atoms with Crippen LogP contribution in [-0.4, -0.2) is 22.8 Å². The Morgan fingerprint density at radius 1 is 1.08 bits per heavy atom. The number of amides is 2. The fraction of sp³-hybridized carbons (Fsp3) is 0.111. The van der Waals surface area contributed by atoms with Crippen molar-refractivity contribution in [2.75, 3.05) is 10.2 Å². The lowest BCUT2D eigenvalue weighted by Crippen LogP contribution is -2.35. The lowest BCUT2D eigenvalue weighted by molar-refractivity contribution is -0.121. The highest BCUT2D eigenvalue weighted by Crippen LogP contribution is 2.33. The van der Waals surface area contributed by atoms with Gasteiger partial charge in [-0.25, -0.2) is 4.90 Å². The van der Waals surface area contributed by atoms with Crippen LogP contribution in [0.25, 0.3) is 10.9 Å². The predicted octanol–water partition coefficient (Wildman–Crippen LogP) is 4.22. The molecule has 0 spiro atoms. The Bertz CT molecular complexity index is 999. The maximum Gasteiger partial charge on any atom is 0.256 e. The number of hydrogen-bond donors (Lipinski definition) is 2. The maximum atomic E-state index is 12.7. The molecule has 1 aromatic heterocycles. The second-order valence-electron chi connectivity index (χ2n) is 5.84. The standard InChI is InChI=1S/C18H13Cl2N3O2/c19-11-2-4-13(20)16(7-11)23-17(24)9-15(18(23)25)22-12-3-1-10-5-6-21-14(10)8-12/h1-8,15,21-22H,9H2/t15-/m1/s1. The molecule has 1 saturated heterocycles. The van der Waals surface area contributed by atoms with E-state index in [1.807, 2.05) is 30.5 Å². The second-order valence-corrected chi connectivity index (χ2v) is 6.69. The van der Waals surface area contributed by atoms with Crippen LogP contribution in [0.15, 0.2) is 48.7 Å². The van der Waals surface area contributed by atoms with Crippen LogP contribution in [0.3, 0.4) is 0 Å². The molecule has 7 heteroatoms. The summed E-state index contributed by atoms with van der Waals surface area (Å²) in [6.45, 7) is 0. The number of hydrogen-bond acceptors (Lipinski definition) is 3. The molecule has 4 rings (SSSR count). The molecule has 25 heavy (non-hydrogen) atoms. The summed E-state index contributed by atoms with van der Waals surface area (Å²) in [7, 11) is 0. The molecule has 1 fully saturated rings. The summed E-state index contributed by atoms with van der Waals surface area (Å²) in [6.07, 6.45) is 1.91. The van der Waals surface area contributed by atoms with Crippen molar-refractivity contribution >= 4 is 57.3 Å². The largest absolute Gasteiger partial charge is 0.373 e. The van der Waals surface area contributed by atoms with Crippen molar-refractivity contribution in [1.82, 2.24) is 4.98 Å². The van der Waals surface area contributed by atoms with Gasteiger partial charge in [-0.05, 0) is 41.8 Å². The Kier molecular flexibility index (Phi) is 3.90. The molecule has 0 radical (unpaired) electrons. The van der Waals surface area contributed by atoms with Crippen molar-refractivity contribution in [3.05, 3.63) is 58.7 Å². The van der Waals surface area contributed by atoms with Crippen LogP contribution in [0.1, 0.15) is 6.42 Å². The fourth-order valence-electron chi connectivity index (χ4n) is 2.99. The van der Waals surface area contributed by atoms with E-state index in [-0.39, 0.29) is 18.2 Å². The normalized spacial score (nSPS) is 17.5. The summed E-state index contributed by atoms with van der Waals surface area (Å²) < 4.78 is 0. The van der Waals surface area contributed by atoms with Gasteiger partial charge >= 0.3 is 0 Å². The van der Waals surface area contributed by atoms with Crippen molar-refractivity contribution in [3.8, 4) is 0 Å². The number of aromatic amines is 1. The number of carbonyl (C=O) groups excluding carboxylic acids is 2. The van der Waals surface area contributed by atoms with E-state index in [1.165, 1.54) is 6.07 Å². The van der Waals surface area contributed by atoms with E-state index in [2.05, 4.69) is 10.3 Å². The number of carbonyl (C=O) groups is 2. The van der Waals surface area contributed by atoms with Gasteiger partial charge < -0.3 is 10.3 Å². The third-order valence-electron chi connectivity index (χ3n) is 4.19. The molecular formula is C18H13Cl2N3O2. The number of imide groups is 1. The molecule has 0 aliphatic carbocycles. The molecule has 2 heterocycles. The number of nitrogens with one attached hydrogen (secondary N) is 2. The minimum absolute atomic E-state index is 0.0600. The number of fused-ring (bicyclic) bond motifs is 1. The van der Waals surface area contributed by atoms with Gasteiger partial charge in [-0.3, -0.25) is 9.59 Å². The molecule has 1 atom stereocenters. The minimum Gasteiger partial charge on any atom is -0.373 e. The fourth-order valence-corrected chi connectivity index (χ4v) is 3.36. The van der Waals surface area contributed by atoms with Crippen LogP contribution >= 0.6 is 23.2 Å². The first kappa shape index (κ1) is 16.0. The number of nitrogens with zero attached hydrogens (tertiary/aromatic N) is 1. The monoisotopic (exact) mass is 373 g/mol. The summed E-state index contributed by atoms with van der Waals surface area (Å²) in [5.74, 6) is -0.659. The van der Waals surface area contributed by atoms with E-state index in [9.17, 15) is 9.59 Å². The van der Waals surface area contributed by atoms with Gasteiger partial charge in [-0.2, -0.15) is 0 Å². The summed E-state index contributed by atoms with van der Waals surface area (Å²) in [5, 5.41) is 4.92. The van der Waals surface area contributed by atoms with Crippen LogP contribution in [0.5, 0.6) is 0 Å². The summed E-state index contributed by atoms with van der Waals surface area (Å²) in [5.41, 5.74) is 2.03. The maximum absolute atomic E-state index is 12.7. The summed E-state index contributed by atoms with van der Waals surface area (Å²) >= 11 is 12.1. The van der Waals surface area contributed by atoms with E-state index in [4.69, 9.17) is 23.2 Å². The second kappa shape index (κ2) is 6.10. The van der Waals surface area contributed by atoms with Crippen LogP contribution < -0.4 is 10.2 Å². The molecular weight excluding hydrogens is 361 g/mol. The van der Waals surface area contributed by atoms with Crippen molar-refractivity contribution in [2.24, 2.45) is 0 Å². The lowest BCUT2D eigenvalue weighted by atomic mass is 10.2. The average molecular weight is 374 g/mol. The molecule has 2 aromatic carbocycles. The van der Waals surface area contributed by atoms with Crippen molar-refractivity contribution in [3.63, 3.8) is 0 Å². The Labute approximate surface area is 153 Å². The molecule has 2 N–H and O–H groups in total. The number of halogens is 2. The number of aromatic nitrogens is 1. The van der Waals surface area contributed by atoms with E-state index in [0.29, 0.717) is 15.7 Å². The number of benzene rings is 2. The van der Waals surface area contributed by atoms with Gasteiger partial charge in [0.25, 0.3) is 5.91 Å². The average Bonchev–Trinajstić information content (AvgIpc) is 3.15. The highest BCUT2D eigenvalue weighted by Gasteiger charge is 2.40. The summed E-state index contributed by atoms with van der Waals surface area (Å²) in [4.78, 5) is 29.3. The van der Waals surface area contributed by atoms with E-state index in [1.54, 1.807) is 12.1 Å². The van der Waals surface area contributed by atoms with Crippen molar-refractivity contribution < 1.29 is 9.59 Å². The topological polar surface area (TPSA) is 65.2 Å². The number of H-pyrrole nitrogens is 1. The lowest BCUT2D eigenvalue weighted by Gasteiger charge is -2.17. The van der Waals surface area contributed by atoms with Gasteiger partial charge in [-0.15, -0.1) is 0 Å². The molecule has 1 aliphatic heterocycles. The Morgan fingerprint density at radius 2 is 1.92 bits per heavy atom. The Morgan fingerprint density at radius 3 is 2.76 bits per heavy atom. The highest BCUT2D eigenvalue weighted by atomic mass is 35.5. The van der Waals surface area contributed by atoms with Crippen LogP contribution in [0, 0.1) is 0 Å². The van der Waals surface area contributed by atoms with Crippen LogP contribution in [0.2, 0.25) is 10.0 Å². The molecule has 3 aromatic rings. The van der Waals surface area contributed by atoms with Gasteiger partial charge in [0.2, 0.25) is 5.91 Å². The van der Waals surface area contributed by atoms with E-state index in [0.717, 1.165) is 21.5 Å². The quantitative estimate of drug-likeness (QED) is 0.675. The number of rotatable bonds is 3. The molecule has 0 bridgehead atoms. The van der Waals surface area contributed by atoms with Crippen molar-refractivity contribution in [2.45, 2.75) is 12.5 Å². The SMILES string of the molecule is O=C1C[C@@H](Nc2ccc3cc[nH]c3c2)C(=O)N1c1cc(Cl)ccc1Cl. The summed E-state index contributed by atoms with van der Waals surface area (Å²) in [6, 6.07) is 11.8. The van der Waals surface area contributed by atoms with Crippen LogP contribution in [0.4, 0.5) is 11.4 Å². The zero-order valence-corrected chi connectivity index (χ0v) is 14.4. The zero-order chi connectivity index (χ0) is 17.6. The Hall–Kier alpha value is -2.50.